The lowest BCUT2D eigenvalue weighted by Crippen LogP contribution is -2.32. The molecule has 0 aromatic rings. The molecule has 0 amide bonds. The van der Waals surface area contributed by atoms with E-state index in [-0.39, 0.29) is 12.8 Å². The molecule has 0 aliphatic carbocycles. The van der Waals surface area contributed by atoms with Gasteiger partial charge in [-0.3, -0.25) is 9.59 Å². The van der Waals surface area contributed by atoms with Crippen LogP contribution in [0.15, 0.2) is 0 Å². The van der Waals surface area contributed by atoms with Crippen molar-refractivity contribution in [3.63, 3.8) is 0 Å². The Labute approximate surface area is 230 Å². The van der Waals surface area contributed by atoms with Gasteiger partial charge in [0.2, 0.25) is 0 Å². The lowest BCUT2D eigenvalue weighted by Gasteiger charge is -2.29. The summed E-state index contributed by atoms with van der Waals surface area (Å²) < 4.78 is 0. The first kappa shape index (κ1) is 35.9. The molecule has 2 N–H and O–H groups in total. The highest BCUT2D eigenvalue weighted by atomic mass is 16.4. The van der Waals surface area contributed by atoms with Crippen molar-refractivity contribution < 1.29 is 19.8 Å². The van der Waals surface area contributed by atoms with Crippen molar-refractivity contribution in [3.05, 3.63) is 0 Å². The molecule has 37 heavy (non-hydrogen) atoms. The summed E-state index contributed by atoms with van der Waals surface area (Å²) in [4.78, 5) is 23.5. The van der Waals surface area contributed by atoms with Crippen LogP contribution in [0.5, 0.6) is 0 Å². The van der Waals surface area contributed by atoms with Crippen LogP contribution >= 0.6 is 0 Å². The molecular weight excluding hydrogens is 460 g/mol. The Balaban J connectivity index is 4.15. The number of carboxylic acids is 2. The summed E-state index contributed by atoms with van der Waals surface area (Å²) in [6, 6.07) is 0. The fraction of sp³-hybridized carbons (Fsp3) is 0.939. The molecule has 0 aliphatic heterocycles. The summed E-state index contributed by atoms with van der Waals surface area (Å²) in [5, 5.41) is 19.3. The summed E-state index contributed by atoms with van der Waals surface area (Å²) in [5.41, 5.74) is -0.856. The Bertz CT molecular complexity index is 510. The number of rotatable bonds is 28. The molecule has 0 bridgehead atoms. The van der Waals surface area contributed by atoms with E-state index >= 15 is 0 Å². The van der Waals surface area contributed by atoms with E-state index in [4.69, 9.17) is 0 Å². The minimum atomic E-state index is -0.882. The van der Waals surface area contributed by atoms with E-state index in [0.717, 1.165) is 50.4 Å². The summed E-state index contributed by atoms with van der Waals surface area (Å²) in [5.74, 6) is -0.0379. The number of carbonyl (C=O) groups is 2. The molecule has 0 spiro atoms. The van der Waals surface area contributed by atoms with Crippen LogP contribution in [0.4, 0.5) is 0 Å². The maximum atomic E-state index is 12.3. The number of hydrogen-bond donors (Lipinski definition) is 2. The van der Waals surface area contributed by atoms with Crippen molar-refractivity contribution in [1.82, 2.24) is 0 Å². The molecule has 0 saturated heterocycles. The number of aliphatic carboxylic acids is 2. The minimum Gasteiger partial charge on any atom is -0.481 e. The maximum Gasteiger partial charge on any atom is 0.309 e. The van der Waals surface area contributed by atoms with Crippen LogP contribution in [-0.4, -0.2) is 22.2 Å². The molecule has 0 aliphatic rings. The molecule has 4 nitrogen and oxygen atoms in total. The molecule has 0 radical (unpaired) electrons. The van der Waals surface area contributed by atoms with Crippen LogP contribution in [0.2, 0.25) is 0 Å². The SMILES string of the molecule is CC(C)CCCCCCCCCCCC(CCCCCCCCCCCC(C)C)(CCC(=O)O)C(=O)O. The van der Waals surface area contributed by atoms with Crippen LogP contribution in [0.1, 0.15) is 182 Å². The van der Waals surface area contributed by atoms with Crippen LogP contribution in [-0.2, 0) is 9.59 Å². The van der Waals surface area contributed by atoms with E-state index in [1.807, 2.05) is 0 Å². The molecule has 0 unspecified atom stereocenters. The first-order valence-corrected chi connectivity index (χ1v) is 16.1. The zero-order valence-electron chi connectivity index (χ0n) is 25.3. The zero-order valence-corrected chi connectivity index (χ0v) is 25.3. The van der Waals surface area contributed by atoms with Gasteiger partial charge in [-0.05, 0) is 31.1 Å². The van der Waals surface area contributed by atoms with Gasteiger partial charge < -0.3 is 10.2 Å². The second-order valence-corrected chi connectivity index (χ2v) is 12.7. The van der Waals surface area contributed by atoms with Gasteiger partial charge in [-0.2, -0.15) is 0 Å². The van der Waals surface area contributed by atoms with E-state index in [0.29, 0.717) is 12.8 Å². The molecule has 0 fully saturated rings. The lowest BCUT2D eigenvalue weighted by molar-refractivity contribution is -0.151. The van der Waals surface area contributed by atoms with Gasteiger partial charge in [0.1, 0.15) is 0 Å². The Morgan fingerprint density at radius 3 is 1.05 bits per heavy atom. The highest BCUT2D eigenvalue weighted by Crippen LogP contribution is 2.37. The monoisotopic (exact) mass is 524 g/mol. The predicted molar refractivity (Wildman–Crippen MR) is 158 cm³/mol. The van der Waals surface area contributed by atoms with E-state index < -0.39 is 17.4 Å². The molecular formula is C33H64O4. The topological polar surface area (TPSA) is 74.6 Å². The third-order valence-corrected chi connectivity index (χ3v) is 8.14. The second-order valence-electron chi connectivity index (χ2n) is 12.7. The molecule has 0 aromatic heterocycles. The average molecular weight is 525 g/mol. The van der Waals surface area contributed by atoms with E-state index in [1.165, 1.54) is 89.9 Å². The molecule has 0 aromatic carbocycles. The van der Waals surface area contributed by atoms with Crippen molar-refractivity contribution >= 4 is 11.9 Å². The van der Waals surface area contributed by atoms with Gasteiger partial charge in [0.05, 0.1) is 5.41 Å². The van der Waals surface area contributed by atoms with Crippen molar-refractivity contribution in [1.29, 1.82) is 0 Å². The summed E-state index contributed by atoms with van der Waals surface area (Å²) in [7, 11) is 0. The third-order valence-electron chi connectivity index (χ3n) is 8.14. The van der Waals surface area contributed by atoms with Crippen molar-refractivity contribution in [2.75, 3.05) is 0 Å². The molecule has 0 rings (SSSR count). The Morgan fingerprint density at radius 1 is 0.486 bits per heavy atom. The Hall–Kier alpha value is -1.06. The summed E-state index contributed by atoms with van der Waals surface area (Å²) >= 11 is 0. The molecule has 4 heteroatoms. The van der Waals surface area contributed by atoms with Crippen molar-refractivity contribution in [3.8, 4) is 0 Å². The molecule has 220 valence electrons. The maximum absolute atomic E-state index is 12.3. The standard InChI is InChI=1S/C33H64O4/c1-29(2)23-19-15-11-7-5-9-13-17-21-26-33(32(36)37,28-25-31(34)35)27-22-18-14-10-6-8-12-16-20-24-30(3)4/h29-30H,5-28H2,1-4H3,(H,34,35)(H,36,37). The normalized spacial score (nSPS) is 12.1. The van der Waals surface area contributed by atoms with Gasteiger partial charge in [-0.15, -0.1) is 0 Å². The molecule has 0 atom stereocenters. The van der Waals surface area contributed by atoms with Crippen LogP contribution in [0.3, 0.4) is 0 Å². The minimum absolute atomic E-state index is 0.0417. The van der Waals surface area contributed by atoms with Gasteiger partial charge in [0, 0.05) is 6.42 Å². The van der Waals surface area contributed by atoms with Crippen LogP contribution < -0.4 is 0 Å². The highest BCUT2D eigenvalue weighted by Gasteiger charge is 2.37. The Morgan fingerprint density at radius 2 is 0.784 bits per heavy atom. The molecule has 0 heterocycles. The summed E-state index contributed by atoms with van der Waals surface area (Å²) in [6.45, 7) is 9.16. The smallest absolute Gasteiger partial charge is 0.309 e. The van der Waals surface area contributed by atoms with Gasteiger partial charge >= 0.3 is 11.9 Å². The van der Waals surface area contributed by atoms with Gasteiger partial charge in [0.15, 0.2) is 0 Å². The number of hydrogen-bond acceptors (Lipinski definition) is 2. The fourth-order valence-electron chi connectivity index (χ4n) is 5.55. The largest absolute Gasteiger partial charge is 0.481 e. The second kappa shape index (κ2) is 24.0. The van der Waals surface area contributed by atoms with Crippen LogP contribution in [0.25, 0.3) is 0 Å². The van der Waals surface area contributed by atoms with Crippen LogP contribution in [0, 0.1) is 17.3 Å². The summed E-state index contributed by atoms with van der Waals surface area (Å²) in [6.07, 6.45) is 26.1. The molecule has 0 saturated carbocycles. The van der Waals surface area contributed by atoms with Gasteiger partial charge in [-0.1, -0.05) is 156 Å². The Kier molecular flexibility index (Phi) is 23.3. The van der Waals surface area contributed by atoms with Gasteiger partial charge in [-0.25, -0.2) is 0 Å². The lowest BCUT2D eigenvalue weighted by atomic mass is 9.74. The van der Waals surface area contributed by atoms with E-state index in [2.05, 4.69) is 27.7 Å². The highest BCUT2D eigenvalue weighted by molar-refractivity contribution is 5.76. The fourth-order valence-corrected chi connectivity index (χ4v) is 5.55. The number of carboxylic acid groups (broad SMARTS) is 2. The van der Waals surface area contributed by atoms with E-state index in [9.17, 15) is 19.8 Å². The zero-order chi connectivity index (χ0) is 27.8. The number of unbranched alkanes of at least 4 members (excludes halogenated alkanes) is 16. The third kappa shape index (κ3) is 22.6. The first-order valence-electron chi connectivity index (χ1n) is 16.1. The first-order chi connectivity index (χ1) is 17.7. The van der Waals surface area contributed by atoms with Gasteiger partial charge in [0.25, 0.3) is 0 Å². The average Bonchev–Trinajstić information content (AvgIpc) is 2.83. The quantitative estimate of drug-likeness (QED) is 0.0998. The van der Waals surface area contributed by atoms with Crippen molar-refractivity contribution in [2.45, 2.75) is 182 Å². The van der Waals surface area contributed by atoms with Crippen molar-refractivity contribution in [2.24, 2.45) is 17.3 Å². The van der Waals surface area contributed by atoms with E-state index in [1.54, 1.807) is 0 Å². The predicted octanol–water partition coefficient (Wildman–Crippen LogP) is 10.8.